The van der Waals surface area contributed by atoms with E-state index < -0.39 is 5.97 Å². The lowest BCUT2D eigenvalue weighted by molar-refractivity contribution is -0.137. The van der Waals surface area contributed by atoms with Crippen molar-refractivity contribution in [1.29, 1.82) is 0 Å². The molecule has 0 saturated heterocycles. The number of fused-ring (bicyclic) bond motifs is 1. The summed E-state index contributed by atoms with van der Waals surface area (Å²) in [6, 6.07) is 3.65. The minimum absolute atomic E-state index is 0.0247. The maximum absolute atomic E-state index is 13.4. The lowest BCUT2D eigenvalue weighted by atomic mass is 10.1. The Labute approximate surface area is 168 Å². The van der Waals surface area contributed by atoms with Crippen LogP contribution in [0.15, 0.2) is 22.7 Å². The monoisotopic (exact) mass is 396 g/mol. The smallest absolute Gasteiger partial charge is 0.323 e. The van der Waals surface area contributed by atoms with Gasteiger partial charge in [0.05, 0.1) is 22.8 Å². The minimum Gasteiger partial charge on any atom is -0.480 e. The quantitative estimate of drug-likeness (QED) is 0.683. The van der Waals surface area contributed by atoms with Gasteiger partial charge in [0.2, 0.25) is 0 Å². The number of aliphatic carboxylic acids is 1. The molecular formula is C21H24N4O4. The third-order valence-electron chi connectivity index (χ3n) is 5.16. The van der Waals surface area contributed by atoms with Crippen LogP contribution in [0, 0.1) is 13.8 Å². The zero-order valence-corrected chi connectivity index (χ0v) is 17.0. The van der Waals surface area contributed by atoms with Gasteiger partial charge in [0.1, 0.15) is 18.1 Å². The molecule has 3 aromatic heterocycles. The van der Waals surface area contributed by atoms with E-state index in [1.165, 1.54) is 4.90 Å². The summed E-state index contributed by atoms with van der Waals surface area (Å²) in [5.41, 5.74) is 2.45. The number of furan rings is 1. The third-order valence-corrected chi connectivity index (χ3v) is 5.16. The second-order valence-electron chi connectivity index (χ2n) is 7.86. The van der Waals surface area contributed by atoms with Crippen molar-refractivity contribution in [3.8, 4) is 11.3 Å². The molecule has 1 aliphatic rings. The molecule has 8 nitrogen and oxygen atoms in total. The Kier molecular flexibility index (Phi) is 4.64. The van der Waals surface area contributed by atoms with Gasteiger partial charge < -0.3 is 14.4 Å². The number of carbonyl (C=O) groups is 2. The third kappa shape index (κ3) is 3.50. The summed E-state index contributed by atoms with van der Waals surface area (Å²) in [5, 5.41) is 14.3. The summed E-state index contributed by atoms with van der Waals surface area (Å²) < 4.78 is 7.43. The van der Waals surface area contributed by atoms with Gasteiger partial charge in [-0.1, -0.05) is 0 Å². The number of carboxylic acid groups (broad SMARTS) is 1. The molecule has 0 bridgehead atoms. The Morgan fingerprint density at radius 1 is 1.31 bits per heavy atom. The fraction of sp³-hybridized carbons (Fsp3) is 0.429. The SMILES string of the molecule is Cc1cc(-c2cc(C(=O)N(CC(=O)O)C3CC3)c3cnn(C(C)C)c3n2)c(C)o1. The fourth-order valence-corrected chi connectivity index (χ4v) is 3.65. The average Bonchev–Trinajstić information content (AvgIpc) is 3.31. The summed E-state index contributed by atoms with van der Waals surface area (Å²) in [6.07, 6.45) is 3.29. The van der Waals surface area contributed by atoms with E-state index in [1.54, 1.807) is 16.9 Å². The number of aromatic nitrogens is 3. The number of amides is 1. The molecule has 1 fully saturated rings. The summed E-state index contributed by atoms with van der Waals surface area (Å²) in [6.45, 7) is 7.40. The van der Waals surface area contributed by atoms with Gasteiger partial charge in [-0.15, -0.1) is 0 Å². The molecule has 4 rings (SSSR count). The average molecular weight is 396 g/mol. The van der Waals surface area contributed by atoms with E-state index in [9.17, 15) is 14.7 Å². The van der Waals surface area contributed by atoms with Gasteiger partial charge in [0.15, 0.2) is 5.65 Å². The van der Waals surface area contributed by atoms with Crippen molar-refractivity contribution in [2.75, 3.05) is 6.54 Å². The van der Waals surface area contributed by atoms with E-state index in [-0.39, 0.29) is 24.5 Å². The van der Waals surface area contributed by atoms with Crippen LogP contribution < -0.4 is 0 Å². The van der Waals surface area contributed by atoms with E-state index in [1.807, 2.05) is 33.8 Å². The molecule has 1 N–H and O–H groups in total. The molecule has 0 radical (unpaired) electrons. The van der Waals surface area contributed by atoms with Crippen LogP contribution in [0.2, 0.25) is 0 Å². The van der Waals surface area contributed by atoms with Crippen molar-refractivity contribution in [2.45, 2.75) is 52.6 Å². The Hall–Kier alpha value is -3.16. The number of carboxylic acids is 1. The van der Waals surface area contributed by atoms with Crippen LogP contribution in [0.25, 0.3) is 22.3 Å². The maximum Gasteiger partial charge on any atom is 0.323 e. The van der Waals surface area contributed by atoms with Crippen LogP contribution >= 0.6 is 0 Å². The van der Waals surface area contributed by atoms with E-state index >= 15 is 0 Å². The zero-order chi connectivity index (χ0) is 20.9. The second kappa shape index (κ2) is 7.02. The molecule has 0 aromatic carbocycles. The van der Waals surface area contributed by atoms with E-state index in [0.717, 1.165) is 24.2 Å². The Bertz CT molecular complexity index is 1110. The minimum atomic E-state index is -1.02. The Morgan fingerprint density at radius 3 is 2.59 bits per heavy atom. The van der Waals surface area contributed by atoms with Crippen molar-refractivity contribution in [2.24, 2.45) is 0 Å². The highest BCUT2D eigenvalue weighted by atomic mass is 16.4. The Morgan fingerprint density at radius 2 is 2.03 bits per heavy atom. The molecule has 152 valence electrons. The summed E-state index contributed by atoms with van der Waals surface area (Å²) in [4.78, 5) is 31.0. The molecule has 0 unspecified atom stereocenters. The standard InChI is InChI=1S/C21H24N4O4/c1-11(2)25-20-17(9-22-25)16(21(28)24(10-19(26)27)14-5-6-14)8-18(23-20)15-7-12(3)29-13(15)4/h7-9,11,14H,5-6,10H2,1-4H3,(H,26,27). The highest BCUT2D eigenvalue weighted by Crippen LogP contribution is 2.33. The van der Waals surface area contributed by atoms with Crippen molar-refractivity contribution < 1.29 is 19.1 Å². The maximum atomic E-state index is 13.4. The van der Waals surface area contributed by atoms with Crippen molar-refractivity contribution in [3.63, 3.8) is 0 Å². The molecule has 1 saturated carbocycles. The first-order valence-corrected chi connectivity index (χ1v) is 9.74. The molecule has 0 spiro atoms. The van der Waals surface area contributed by atoms with Crippen LogP contribution in [-0.2, 0) is 4.79 Å². The molecule has 1 aliphatic carbocycles. The Balaban J connectivity index is 1.91. The molecule has 3 heterocycles. The lowest BCUT2D eigenvalue weighted by Crippen LogP contribution is -2.37. The predicted molar refractivity (Wildman–Crippen MR) is 107 cm³/mol. The van der Waals surface area contributed by atoms with Gasteiger partial charge in [-0.2, -0.15) is 5.10 Å². The van der Waals surface area contributed by atoms with Gasteiger partial charge in [-0.3, -0.25) is 9.59 Å². The van der Waals surface area contributed by atoms with E-state index in [2.05, 4.69) is 5.10 Å². The highest BCUT2D eigenvalue weighted by Gasteiger charge is 2.35. The van der Waals surface area contributed by atoms with Crippen molar-refractivity contribution >= 4 is 22.9 Å². The molecule has 3 aromatic rings. The first kappa shape index (κ1) is 19.2. The number of hydrogen-bond donors (Lipinski definition) is 1. The van der Waals surface area contributed by atoms with E-state index in [4.69, 9.17) is 9.40 Å². The van der Waals surface area contributed by atoms with Crippen LogP contribution in [0.4, 0.5) is 0 Å². The molecule has 0 atom stereocenters. The van der Waals surface area contributed by atoms with Crippen molar-refractivity contribution in [1.82, 2.24) is 19.7 Å². The van der Waals surface area contributed by atoms with Crippen LogP contribution in [0.1, 0.15) is 54.6 Å². The molecule has 8 heteroatoms. The van der Waals surface area contributed by atoms with E-state index in [0.29, 0.717) is 28.1 Å². The number of rotatable bonds is 6. The largest absolute Gasteiger partial charge is 0.480 e. The van der Waals surface area contributed by atoms with Crippen LogP contribution in [-0.4, -0.2) is 49.2 Å². The van der Waals surface area contributed by atoms with Gasteiger partial charge in [0, 0.05) is 17.6 Å². The first-order chi connectivity index (χ1) is 13.8. The number of aryl methyl sites for hydroxylation is 2. The molecule has 1 amide bonds. The molecule has 29 heavy (non-hydrogen) atoms. The van der Waals surface area contributed by atoms with Gasteiger partial charge >= 0.3 is 5.97 Å². The highest BCUT2D eigenvalue weighted by molar-refractivity contribution is 6.07. The summed E-state index contributed by atoms with van der Waals surface area (Å²) >= 11 is 0. The van der Waals surface area contributed by atoms with Crippen LogP contribution in [0.5, 0.6) is 0 Å². The lowest BCUT2D eigenvalue weighted by Gasteiger charge is -2.21. The number of hydrogen-bond acceptors (Lipinski definition) is 5. The van der Waals surface area contributed by atoms with Crippen LogP contribution in [0.3, 0.4) is 0 Å². The summed E-state index contributed by atoms with van der Waals surface area (Å²) in [5.74, 6) is 0.155. The topological polar surface area (TPSA) is 101 Å². The normalized spacial score (nSPS) is 14.0. The molecule has 0 aliphatic heterocycles. The first-order valence-electron chi connectivity index (χ1n) is 9.74. The van der Waals surface area contributed by atoms with Gasteiger partial charge in [-0.05, 0) is 52.7 Å². The van der Waals surface area contributed by atoms with Gasteiger partial charge in [0.25, 0.3) is 5.91 Å². The fourth-order valence-electron chi connectivity index (χ4n) is 3.65. The van der Waals surface area contributed by atoms with Gasteiger partial charge in [-0.25, -0.2) is 9.67 Å². The molecular weight excluding hydrogens is 372 g/mol. The number of carbonyl (C=O) groups excluding carboxylic acids is 1. The number of pyridine rings is 1. The summed E-state index contributed by atoms with van der Waals surface area (Å²) in [7, 11) is 0. The van der Waals surface area contributed by atoms with Crippen molar-refractivity contribution in [3.05, 3.63) is 35.4 Å². The predicted octanol–water partition coefficient (Wildman–Crippen LogP) is 3.58. The zero-order valence-electron chi connectivity index (χ0n) is 17.0. The second-order valence-corrected chi connectivity index (χ2v) is 7.86. The number of nitrogens with zero attached hydrogens (tertiary/aromatic N) is 4.